The van der Waals surface area contributed by atoms with Gasteiger partial charge in [0, 0.05) is 28.4 Å². The van der Waals surface area contributed by atoms with Gasteiger partial charge in [0.1, 0.15) is 5.76 Å². The lowest BCUT2D eigenvalue weighted by atomic mass is 10.1. The van der Waals surface area contributed by atoms with Gasteiger partial charge in [-0.3, -0.25) is 9.59 Å². The molecule has 132 valence electrons. The SMILES string of the molecule is O=C(/C=C/c1ccc(Cl)cc1)Nc1cccc(/C(O)=C/C(=O)C(=O)O)c1. The van der Waals surface area contributed by atoms with Gasteiger partial charge in [-0.1, -0.05) is 35.9 Å². The number of carbonyl (C=O) groups is 3. The Bertz CT molecular complexity index is 900. The highest BCUT2D eigenvalue weighted by Gasteiger charge is 2.11. The first kappa shape index (κ1) is 19.0. The lowest BCUT2D eigenvalue weighted by Crippen LogP contribution is -2.10. The van der Waals surface area contributed by atoms with Crippen molar-refractivity contribution in [3.8, 4) is 0 Å². The molecule has 0 aliphatic carbocycles. The van der Waals surface area contributed by atoms with E-state index in [0.717, 1.165) is 5.56 Å². The number of aliphatic hydroxyl groups excluding tert-OH is 1. The Hall–Kier alpha value is -3.38. The molecule has 0 aromatic heterocycles. The molecule has 2 aromatic carbocycles. The van der Waals surface area contributed by atoms with Crippen molar-refractivity contribution >= 4 is 46.8 Å². The van der Waals surface area contributed by atoms with Gasteiger partial charge in [0.2, 0.25) is 5.91 Å². The molecule has 0 bridgehead atoms. The van der Waals surface area contributed by atoms with Gasteiger partial charge in [0.05, 0.1) is 0 Å². The Balaban J connectivity index is 2.08. The van der Waals surface area contributed by atoms with Gasteiger partial charge in [0.25, 0.3) is 5.78 Å². The molecule has 26 heavy (non-hydrogen) atoms. The maximum atomic E-state index is 12.0. The van der Waals surface area contributed by atoms with Crippen LogP contribution in [0.2, 0.25) is 5.02 Å². The molecule has 0 aliphatic rings. The number of carbonyl (C=O) groups excluding carboxylic acids is 2. The molecule has 2 aromatic rings. The quantitative estimate of drug-likeness (QED) is 0.409. The summed E-state index contributed by atoms with van der Waals surface area (Å²) in [6.07, 6.45) is 3.54. The first-order chi connectivity index (χ1) is 12.3. The molecule has 0 heterocycles. The maximum Gasteiger partial charge on any atom is 0.376 e. The van der Waals surface area contributed by atoms with E-state index in [1.807, 2.05) is 0 Å². The number of carboxylic acid groups (broad SMARTS) is 1. The number of hydrogen-bond acceptors (Lipinski definition) is 4. The summed E-state index contributed by atoms with van der Waals surface area (Å²) in [4.78, 5) is 33.6. The Labute approximate surface area is 154 Å². The summed E-state index contributed by atoms with van der Waals surface area (Å²) in [6, 6.07) is 12.9. The number of halogens is 1. The smallest absolute Gasteiger partial charge is 0.376 e. The summed E-state index contributed by atoms with van der Waals surface area (Å²) in [6.45, 7) is 0. The fourth-order valence-electron chi connectivity index (χ4n) is 1.96. The summed E-state index contributed by atoms with van der Waals surface area (Å²) >= 11 is 5.79. The van der Waals surface area contributed by atoms with Crippen LogP contribution >= 0.6 is 11.6 Å². The van der Waals surface area contributed by atoms with Crippen LogP contribution in [0.1, 0.15) is 11.1 Å². The predicted octanol–water partition coefficient (Wildman–Crippen LogP) is 3.54. The fraction of sp³-hybridized carbons (Fsp3) is 0. The molecule has 0 saturated carbocycles. The summed E-state index contributed by atoms with van der Waals surface area (Å²) in [7, 11) is 0. The topological polar surface area (TPSA) is 104 Å². The molecule has 7 heteroatoms. The van der Waals surface area contributed by atoms with Crippen LogP contribution < -0.4 is 5.32 Å². The number of aliphatic carboxylic acids is 1. The Morgan fingerprint density at radius 2 is 1.69 bits per heavy atom. The number of benzene rings is 2. The van der Waals surface area contributed by atoms with Crippen molar-refractivity contribution in [1.82, 2.24) is 0 Å². The van der Waals surface area contributed by atoms with Crippen LogP contribution in [-0.2, 0) is 14.4 Å². The summed E-state index contributed by atoms with van der Waals surface area (Å²) in [5.41, 5.74) is 1.36. The van der Waals surface area contributed by atoms with Crippen molar-refractivity contribution in [2.24, 2.45) is 0 Å². The van der Waals surface area contributed by atoms with Crippen molar-refractivity contribution in [3.63, 3.8) is 0 Å². The standard InChI is InChI=1S/C19H14ClNO5/c20-14-7-4-12(5-8-14)6-9-18(24)21-15-3-1-2-13(10-15)16(22)11-17(23)19(25)26/h1-11,22H,(H,21,24)(H,25,26)/b9-6+,16-11-. The molecule has 0 atom stereocenters. The van der Waals surface area contributed by atoms with Crippen LogP contribution in [0.25, 0.3) is 11.8 Å². The highest BCUT2D eigenvalue weighted by Crippen LogP contribution is 2.17. The van der Waals surface area contributed by atoms with E-state index in [4.69, 9.17) is 16.7 Å². The van der Waals surface area contributed by atoms with Crippen molar-refractivity contribution in [2.45, 2.75) is 0 Å². The van der Waals surface area contributed by atoms with Crippen molar-refractivity contribution in [2.75, 3.05) is 5.32 Å². The van der Waals surface area contributed by atoms with E-state index in [0.29, 0.717) is 16.8 Å². The number of nitrogens with one attached hydrogen (secondary N) is 1. The zero-order chi connectivity index (χ0) is 19.1. The van der Waals surface area contributed by atoms with Crippen molar-refractivity contribution in [1.29, 1.82) is 0 Å². The lowest BCUT2D eigenvalue weighted by molar-refractivity contribution is -0.146. The van der Waals surface area contributed by atoms with Gasteiger partial charge in [-0.2, -0.15) is 0 Å². The molecule has 0 unspecified atom stereocenters. The first-order valence-electron chi connectivity index (χ1n) is 7.38. The molecule has 6 nitrogen and oxygen atoms in total. The molecule has 3 N–H and O–H groups in total. The van der Waals surface area contributed by atoms with Crippen LogP contribution in [0, 0.1) is 0 Å². The van der Waals surface area contributed by atoms with Crippen LogP contribution in [0.5, 0.6) is 0 Å². The molecular formula is C19H14ClNO5. The number of anilines is 1. The second kappa shape index (κ2) is 8.64. The van der Waals surface area contributed by atoms with Gasteiger partial charge in [0.15, 0.2) is 0 Å². The summed E-state index contributed by atoms with van der Waals surface area (Å²) < 4.78 is 0. The normalized spacial score (nSPS) is 11.3. The average molecular weight is 372 g/mol. The number of hydrogen-bond donors (Lipinski definition) is 3. The zero-order valence-corrected chi connectivity index (χ0v) is 14.1. The third-order valence-corrected chi connectivity index (χ3v) is 3.45. The second-order valence-corrected chi connectivity index (χ2v) is 5.59. The monoisotopic (exact) mass is 371 g/mol. The first-order valence-corrected chi connectivity index (χ1v) is 7.76. The largest absolute Gasteiger partial charge is 0.507 e. The van der Waals surface area contributed by atoms with Gasteiger partial charge in [-0.25, -0.2) is 4.79 Å². The third-order valence-electron chi connectivity index (χ3n) is 3.20. The number of ketones is 1. The molecule has 0 radical (unpaired) electrons. The van der Waals surface area contributed by atoms with Crippen molar-refractivity contribution < 1.29 is 24.6 Å². The highest BCUT2D eigenvalue weighted by molar-refractivity contribution is 6.38. The van der Waals surface area contributed by atoms with Gasteiger partial charge in [-0.05, 0) is 35.9 Å². The highest BCUT2D eigenvalue weighted by atomic mass is 35.5. The molecule has 0 aliphatic heterocycles. The van der Waals surface area contributed by atoms with Crippen LogP contribution in [-0.4, -0.2) is 27.9 Å². The third kappa shape index (κ3) is 5.61. The van der Waals surface area contributed by atoms with E-state index in [1.165, 1.54) is 18.2 Å². The predicted molar refractivity (Wildman–Crippen MR) is 98.8 cm³/mol. The fourth-order valence-corrected chi connectivity index (χ4v) is 2.08. The minimum absolute atomic E-state index is 0.194. The maximum absolute atomic E-state index is 12.0. The number of aliphatic hydroxyl groups is 1. The van der Waals surface area contributed by atoms with Gasteiger partial charge in [-0.15, -0.1) is 0 Å². The van der Waals surface area contributed by atoms with E-state index < -0.39 is 23.4 Å². The van der Waals surface area contributed by atoms with Crippen LogP contribution in [0.4, 0.5) is 5.69 Å². The molecule has 0 fully saturated rings. The summed E-state index contributed by atoms with van der Waals surface area (Å²) in [5.74, 6) is -3.83. The Morgan fingerprint density at radius 3 is 2.35 bits per heavy atom. The Morgan fingerprint density at radius 1 is 1.00 bits per heavy atom. The number of rotatable bonds is 6. The average Bonchev–Trinajstić information content (AvgIpc) is 2.61. The lowest BCUT2D eigenvalue weighted by Gasteiger charge is -2.05. The Kier molecular flexibility index (Phi) is 6.30. The summed E-state index contributed by atoms with van der Waals surface area (Å²) in [5, 5.41) is 21.6. The number of carboxylic acids is 1. The van der Waals surface area contributed by atoms with E-state index in [2.05, 4.69) is 5.32 Å². The van der Waals surface area contributed by atoms with E-state index in [9.17, 15) is 19.5 Å². The van der Waals surface area contributed by atoms with Crippen LogP contribution in [0.3, 0.4) is 0 Å². The minimum atomic E-state index is -1.67. The molecule has 0 spiro atoms. The molecule has 1 amide bonds. The van der Waals surface area contributed by atoms with E-state index >= 15 is 0 Å². The van der Waals surface area contributed by atoms with Gasteiger partial charge < -0.3 is 15.5 Å². The van der Waals surface area contributed by atoms with Crippen LogP contribution in [0.15, 0.2) is 60.7 Å². The molecule has 0 saturated heterocycles. The molecular weight excluding hydrogens is 358 g/mol. The van der Waals surface area contributed by atoms with Gasteiger partial charge >= 0.3 is 5.97 Å². The number of amides is 1. The van der Waals surface area contributed by atoms with Crippen molar-refractivity contribution in [3.05, 3.63) is 76.8 Å². The van der Waals surface area contributed by atoms with E-state index in [1.54, 1.807) is 42.5 Å². The zero-order valence-electron chi connectivity index (χ0n) is 13.3. The van der Waals surface area contributed by atoms with E-state index in [-0.39, 0.29) is 5.56 Å². The molecule has 2 rings (SSSR count). The minimum Gasteiger partial charge on any atom is -0.507 e. The second-order valence-electron chi connectivity index (χ2n) is 5.15.